The first-order valence-corrected chi connectivity index (χ1v) is 4.79. The fourth-order valence-electron chi connectivity index (χ4n) is 1.65. The van der Waals surface area contributed by atoms with Crippen LogP contribution in [0, 0.1) is 11.8 Å². The number of hydrogen-bond donors (Lipinski definition) is 0. The lowest BCUT2D eigenvalue weighted by Crippen LogP contribution is -1.93. The molecular formula is C13H11NO. The number of benzene rings is 1. The molecule has 0 unspecified atom stereocenters. The molecule has 2 aromatic rings. The van der Waals surface area contributed by atoms with Crippen molar-refractivity contribution in [1.29, 1.82) is 0 Å². The highest BCUT2D eigenvalue weighted by Gasteiger charge is 2.03. The number of carbonyl (C=O) groups is 1. The summed E-state index contributed by atoms with van der Waals surface area (Å²) in [5.41, 5.74) is 1.79. The highest BCUT2D eigenvalue weighted by Crippen LogP contribution is 2.18. The molecule has 1 aromatic heterocycles. The third kappa shape index (κ3) is 1.64. The summed E-state index contributed by atoms with van der Waals surface area (Å²) in [7, 11) is 0. The van der Waals surface area contributed by atoms with Gasteiger partial charge in [0.05, 0.1) is 6.54 Å². The first-order valence-electron chi connectivity index (χ1n) is 4.79. The van der Waals surface area contributed by atoms with E-state index < -0.39 is 0 Å². The summed E-state index contributed by atoms with van der Waals surface area (Å²) in [6, 6.07) is 7.67. The number of nitrogens with zero attached hydrogens (tertiary/aromatic N) is 1. The number of carbonyl (C=O) groups excluding carboxylic acids is 1. The van der Waals surface area contributed by atoms with E-state index in [-0.39, 0.29) is 0 Å². The van der Waals surface area contributed by atoms with Crippen molar-refractivity contribution in [1.82, 2.24) is 4.57 Å². The smallest absolute Gasteiger partial charge is 0.150 e. The van der Waals surface area contributed by atoms with Gasteiger partial charge in [-0.05, 0) is 19.1 Å². The molecule has 0 atom stereocenters. The Bertz CT molecular complexity index is 555. The van der Waals surface area contributed by atoms with E-state index in [0.717, 1.165) is 22.8 Å². The van der Waals surface area contributed by atoms with E-state index in [1.54, 1.807) is 0 Å². The quantitative estimate of drug-likeness (QED) is 0.535. The molecule has 15 heavy (non-hydrogen) atoms. The Morgan fingerprint density at radius 2 is 2.27 bits per heavy atom. The van der Waals surface area contributed by atoms with Crippen LogP contribution in [0.3, 0.4) is 0 Å². The van der Waals surface area contributed by atoms with Crippen LogP contribution in [0.25, 0.3) is 10.9 Å². The van der Waals surface area contributed by atoms with E-state index in [4.69, 9.17) is 0 Å². The van der Waals surface area contributed by atoms with Crippen LogP contribution in [-0.2, 0) is 6.54 Å². The van der Waals surface area contributed by atoms with Crippen LogP contribution in [0.15, 0.2) is 30.5 Å². The zero-order valence-corrected chi connectivity index (χ0v) is 8.53. The largest absolute Gasteiger partial charge is 0.336 e. The van der Waals surface area contributed by atoms with Crippen LogP contribution in [0.2, 0.25) is 0 Å². The summed E-state index contributed by atoms with van der Waals surface area (Å²) >= 11 is 0. The van der Waals surface area contributed by atoms with E-state index in [0.29, 0.717) is 6.54 Å². The molecule has 74 valence electrons. The molecule has 0 saturated carbocycles. The monoisotopic (exact) mass is 197 g/mol. The third-order valence-corrected chi connectivity index (χ3v) is 2.40. The Morgan fingerprint density at radius 1 is 1.40 bits per heavy atom. The predicted molar refractivity (Wildman–Crippen MR) is 60.8 cm³/mol. The summed E-state index contributed by atoms with van der Waals surface area (Å²) in [5, 5.41) is 0.991. The summed E-state index contributed by atoms with van der Waals surface area (Å²) in [4.78, 5) is 10.8. The first kappa shape index (κ1) is 9.54. The summed E-state index contributed by atoms with van der Waals surface area (Å²) < 4.78 is 2.04. The Hall–Kier alpha value is -2.01. The van der Waals surface area contributed by atoms with Gasteiger partial charge >= 0.3 is 0 Å². The second kappa shape index (κ2) is 4.02. The lowest BCUT2D eigenvalue weighted by Gasteiger charge is -2.00. The number of aldehydes is 1. The summed E-state index contributed by atoms with van der Waals surface area (Å²) in [6.07, 6.45) is 2.85. The Kier molecular flexibility index (Phi) is 2.55. The number of rotatable bonds is 2. The average Bonchev–Trinajstić information content (AvgIpc) is 2.69. The van der Waals surface area contributed by atoms with Gasteiger partial charge in [-0.15, -0.1) is 5.92 Å². The van der Waals surface area contributed by atoms with Gasteiger partial charge in [0.2, 0.25) is 0 Å². The maximum atomic E-state index is 10.8. The molecule has 0 fully saturated rings. The van der Waals surface area contributed by atoms with Gasteiger partial charge in [-0.2, -0.15) is 0 Å². The number of aromatic nitrogens is 1. The molecule has 2 heteroatoms. The van der Waals surface area contributed by atoms with Crippen LogP contribution >= 0.6 is 0 Å². The molecule has 0 radical (unpaired) electrons. The van der Waals surface area contributed by atoms with Crippen LogP contribution in [0.5, 0.6) is 0 Å². The van der Waals surface area contributed by atoms with Crippen molar-refractivity contribution >= 4 is 17.2 Å². The Morgan fingerprint density at radius 3 is 3.00 bits per heavy atom. The van der Waals surface area contributed by atoms with Crippen molar-refractivity contribution in [2.45, 2.75) is 13.5 Å². The van der Waals surface area contributed by atoms with Gasteiger partial charge < -0.3 is 4.57 Å². The van der Waals surface area contributed by atoms with Crippen molar-refractivity contribution < 1.29 is 4.79 Å². The lowest BCUT2D eigenvalue weighted by atomic mass is 10.1. The minimum Gasteiger partial charge on any atom is -0.336 e. The molecule has 0 aliphatic heterocycles. The SMILES string of the molecule is CC#CCn1ccc2c(C=O)cccc21. The minimum absolute atomic E-state index is 0.669. The average molecular weight is 197 g/mol. The highest BCUT2D eigenvalue weighted by molar-refractivity contribution is 5.97. The second-order valence-corrected chi connectivity index (χ2v) is 3.27. The van der Waals surface area contributed by atoms with E-state index in [1.165, 1.54) is 0 Å². The third-order valence-electron chi connectivity index (χ3n) is 2.40. The van der Waals surface area contributed by atoms with Gasteiger partial charge in [0, 0.05) is 22.7 Å². The standard InChI is InChI=1S/C13H11NO/c1-2-3-8-14-9-7-12-11(10-15)5-4-6-13(12)14/h4-7,9-10H,8H2,1H3. The lowest BCUT2D eigenvalue weighted by molar-refractivity contribution is 0.112. The molecular weight excluding hydrogens is 186 g/mol. The van der Waals surface area contributed by atoms with Crippen LogP contribution in [0.4, 0.5) is 0 Å². The summed E-state index contributed by atoms with van der Waals surface area (Å²) in [5.74, 6) is 5.86. The van der Waals surface area contributed by atoms with Crippen molar-refractivity contribution in [3.05, 3.63) is 36.0 Å². The molecule has 1 aromatic carbocycles. The molecule has 0 aliphatic carbocycles. The van der Waals surface area contributed by atoms with Crippen LogP contribution in [0.1, 0.15) is 17.3 Å². The molecule has 2 rings (SSSR count). The first-order chi connectivity index (χ1) is 7.36. The number of hydrogen-bond acceptors (Lipinski definition) is 1. The van der Waals surface area contributed by atoms with E-state index in [2.05, 4.69) is 11.8 Å². The van der Waals surface area contributed by atoms with Crippen molar-refractivity contribution in [3.8, 4) is 11.8 Å². The summed E-state index contributed by atoms with van der Waals surface area (Å²) in [6.45, 7) is 2.49. The molecule has 0 aliphatic rings. The second-order valence-electron chi connectivity index (χ2n) is 3.27. The van der Waals surface area contributed by atoms with Gasteiger partial charge in [-0.25, -0.2) is 0 Å². The van der Waals surface area contributed by atoms with E-state index >= 15 is 0 Å². The highest BCUT2D eigenvalue weighted by atomic mass is 16.1. The van der Waals surface area contributed by atoms with Crippen LogP contribution in [-0.4, -0.2) is 10.9 Å². The maximum absolute atomic E-state index is 10.8. The van der Waals surface area contributed by atoms with Crippen molar-refractivity contribution in [2.75, 3.05) is 0 Å². The maximum Gasteiger partial charge on any atom is 0.150 e. The topological polar surface area (TPSA) is 22.0 Å². The van der Waals surface area contributed by atoms with Gasteiger partial charge in [-0.3, -0.25) is 4.79 Å². The van der Waals surface area contributed by atoms with Crippen LogP contribution < -0.4 is 0 Å². The zero-order valence-electron chi connectivity index (χ0n) is 8.53. The molecule has 0 bridgehead atoms. The fourth-order valence-corrected chi connectivity index (χ4v) is 1.65. The Balaban J connectivity index is 2.58. The van der Waals surface area contributed by atoms with Gasteiger partial charge in [-0.1, -0.05) is 18.1 Å². The molecule has 1 heterocycles. The predicted octanol–water partition coefficient (Wildman–Crippen LogP) is 2.48. The minimum atomic E-state index is 0.669. The van der Waals surface area contributed by atoms with Gasteiger partial charge in [0.25, 0.3) is 0 Å². The van der Waals surface area contributed by atoms with Gasteiger partial charge in [0.1, 0.15) is 0 Å². The zero-order chi connectivity index (χ0) is 10.7. The molecule has 2 nitrogen and oxygen atoms in total. The normalized spacial score (nSPS) is 9.67. The molecule has 0 saturated heterocycles. The Labute approximate surface area is 88.5 Å². The van der Waals surface area contributed by atoms with Crippen molar-refractivity contribution in [2.24, 2.45) is 0 Å². The molecule has 0 spiro atoms. The van der Waals surface area contributed by atoms with Crippen molar-refractivity contribution in [3.63, 3.8) is 0 Å². The molecule has 0 amide bonds. The molecule has 0 N–H and O–H groups in total. The number of fused-ring (bicyclic) bond motifs is 1. The van der Waals surface area contributed by atoms with Gasteiger partial charge in [0.15, 0.2) is 6.29 Å². The fraction of sp³-hybridized carbons (Fsp3) is 0.154. The van der Waals surface area contributed by atoms with E-state index in [1.807, 2.05) is 42.0 Å². The van der Waals surface area contributed by atoms with E-state index in [9.17, 15) is 4.79 Å².